The summed E-state index contributed by atoms with van der Waals surface area (Å²) in [5, 5.41) is 18.3. The predicted octanol–water partition coefficient (Wildman–Crippen LogP) is -0.546. The van der Waals surface area contributed by atoms with Gasteiger partial charge in [-0.3, -0.25) is 29.4 Å². The molecule has 0 bridgehead atoms. The van der Waals surface area contributed by atoms with Crippen molar-refractivity contribution in [1.82, 2.24) is 31.3 Å². The topological polar surface area (TPSA) is 204 Å². The predicted molar refractivity (Wildman–Crippen MR) is 157 cm³/mol. The van der Waals surface area contributed by atoms with E-state index >= 15 is 0 Å². The molecule has 0 aromatic heterocycles. The minimum Gasteiger partial charge on any atom is -0.464 e. The number of ether oxygens (including phenoxy) is 1. The summed E-state index contributed by atoms with van der Waals surface area (Å²) in [5.74, 6) is -3.46. The number of rotatable bonds is 12. The van der Waals surface area contributed by atoms with Gasteiger partial charge < -0.3 is 30.7 Å². The number of aliphatic hydroxyl groups is 1. The van der Waals surface area contributed by atoms with Gasteiger partial charge >= 0.3 is 12.0 Å². The Balaban J connectivity index is 2.09. The van der Waals surface area contributed by atoms with Crippen LogP contribution < -0.4 is 21.4 Å². The molecule has 0 spiro atoms. The zero-order valence-corrected chi connectivity index (χ0v) is 26.0. The monoisotopic (exact) mass is 620 g/mol. The summed E-state index contributed by atoms with van der Waals surface area (Å²) >= 11 is 0. The third-order valence-corrected chi connectivity index (χ3v) is 7.42. The number of likely N-dealkylation sites (tertiary alicyclic amines) is 1. The minimum absolute atomic E-state index is 0.0153. The highest BCUT2D eigenvalue weighted by atomic mass is 16.5. The summed E-state index contributed by atoms with van der Waals surface area (Å²) in [6, 6.07) is -4.96. The van der Waals surface area contributed by atoms with Crippen LogP contribution in [0.5, 0.6) is 0 Å². The van der Waals surface area contributed by atoms with Gasteiger partial charge in [-0.15, -0.1) is 0 Å². The van der Waals surface area contributed by atoms with Crippen LogP contribution in [0.15, 0.2) is 24.3 Å². The van der Waals surface area contributed by atoms with Gasteiger partial charge in [0.2, 0.25) is 17.7 Å². The fourth-order valence-electron chi connectivity index (χ4n) is 5.17. The lowest BCUT2D eigenvalue weighted by molar-refractivity contribution is -0.147. The number of nitrogens with one attached hydrogen (secondary N) is 4. The molecule has 0 aromatic carbocycles. The number of carbonyl (C=O) groups excluding carboxylic acids is 7. The van der Waals surface area contributed by atoms with Crippen molar-refractivity contribution in [3.8, 4) is 0 Å². The normalized spacial score (nSPS) is 21.7. The van der Waals surface area contributed by atoms with E-state index in [1.165, 1.54) is 39.6 Å². The summed E-state index contributed by atoms with van der Waals surface area (Å²) in [5.41, 5.74) is 1.15. The van der Waals surface area contributed by atoms with Crippen LogP contribution >= 0.6 is 0 Å². The zero-order chi connectivity index (χ0) is 33.2. The number of carbonyl (C=O) groups is 7. The molecular weight excluding hydrogens is 576 g/mol. The third-order valence-electron chi connectivity index (χ3n) is 7.42. The van der Waals surface area contributed by atoms with Crippen molar-refractivity contribution >= 4 is 41.4 Å². The molecule has 5 N–H and O–H groups in total. The number of aliphatic hydroxyl groups excluding tert-OH is 1. The molecule has 1 fully saturated rings. The standard InChI is InChI=1S/C29H44N6O9/c1-7-44-27(42)21(16-29(23(38)19(4)36)13-9-8-10-14-29)32-28(43)34(6)33-25(40)22-12-11-15-35(22)26(41)18(3)31-24(39)17(2)30-20(5)37/h8-10,13,17-19,21-22,36H,7,11-12,14-16H2,1-6H3,(H,30,37)(H,31,39)(H,32,43)(H,33,40)/t17-,18-,19?,21-,22-,29?/m0/s1. The van der Waals surface area contributed by atoms with Crippen LogP contribution in [0.25, 0.3) is 0 Å². The van der Waals surface area contributed by atoms with Crippen molar-refractivity contribution in [2.24, 2.45) is 5.41 Å². The van der Waals surface area contributed by atoms with E-state index < -0.39 is 77.1 Å². The summed E-state index contributed by atoms with van der Waals surface area (Å²) in [6.45, 7) is 7.39. The SMILES string of the molecule is CCOC(=O)[C@H](CC1(C(=O)C(C)O)C=CC=CC1)NC(=O)N(C)NC(=O)[C@@H]1CCCN1C(=O)[C@H](C)NC(=O)[C@H](C)NC(C)=O. The lowest BCUT2D eigenvalue weighted by atomic mass is 9.71. The molecule has 1 heterocycles. The van der Waals surface area contributed by atoms with E-state index in [9.17, 15) is 38.7 Å². The average Bonchev–Trinajstić information content (AvgIpc) is 3.46. The van der Waals surface area contributed by atoms with Gasteiger partial charge in [0.15, 0.2) is 5.78 Å². The first-order valence-corrected chi connectivity index (χ1v) is 14.6. The molecule has 44 heavy (non-hydrogen) atoms. The van der Waals surface area contributed by atoms with Gasteiger partial charge in [0, 0.05) is 20.5 Å². The highest BCUT2D eigenvalue weighted by Crippen LogP contribution is 2.36. The molecule has 2 unspecified atom stereocenters. The van der Waals surface area contributed by atoms with Gasteiger partial charge in [-0.25, -0.2) is 14.6 Å². The molecule has 0 aromatic rings. The number of amides is 6. The second-order valence-corrected chi connectivity index (χ2v) is 11.0. The number of hydrogen-bond acceptors (Lipinski definition) is 9. The Hall–Kier alpha value is -4.27. The van der Waals surface area contributed by atoms with Crippen molar-refractivity contribution in [3.05, 3.63) is 24.3 Å². The first-order chi connectivity index (χ1) is 20.6. The van der Waals surface area contributed by atoms with E-state index in [2.05, 4.69) is 21.4 Å². The molecule has 6 atom stereocenters. The molecule has 1 saturated heterocycles. The Kier molecular flexibility index (Phi) is 13.1. The highest BCUT2D eigenvalue weighted by molar-refractivity contribution is 5.95. The summed E-state index contributed by atoms with van der Waals surface area (Å²) in [7, 11) is 1.25. The number of Topliss-reactive ketones (excluding diaryl/α,β-unsaturated/α-hetero) is 1. The number of allylic oxidation sites excluding steroid dienone is 4. The van der Waals surface area contributed by atoms with E-state index in [1.807, 2.05) is 0 Å². The molecule has 6 amide bonds. The van der Waals surface area contributed by atoms with Crippen LogP contribution in [0.3, 0.4) is 0 Å². The number of urea groups is 1. The maximum Gasteiger partial charge on any atom is 0.336 e. The third kappa shape index (κ3) is 9.36. The van der Waals surface area contributed by atoms with Crippen molar-refractivity contribution < 1.29 is 43.4 Å². The second-order valence-electron chi connectivity index (χ2n) is 11.0. The number of esters is 1. The molecule has 15 heteroatoms. The molecule has 0 radical (unpaired) electrons. The van der Waals surface area contributed by atoms with Gasteiger partial charge in [-0.05, 0) is 53.4 Å². The van der Waals surface area contributed by atoms with Crippen LogP contribution in [0, 0.1) is 5.41 Å². The molecule has 1 aliphatic carbocycles. The Bertz CT molecular complexity index is 1190. The summed E-state index contributed by atoms with van der Waals surface area (Å²) in [4.78, 5) is 90.1. The highest BCUT2D eigenvalue weighted by Gasteiger charge is 2.43. The van der Waals surface area contributed by atoms with Crippen molar-refractivity contribution in [2.75, 3.05) is 20.2 Å². The molecular formula is C29H44N6O9. The molecule has 15 nitrogen and oxygen atoms in total. The van der Waals surface area contributed by atoms with E-state index in [0.717, 1.165) is 5.01 Å². The van der Waals surface area contributed by atoms with Crippen molar-refractivity contribution in [2.45, 2.75) is 90.6 Å². The molecule has 0 saturated carbocycles. The van der Waals surface area contributed by atoms with E-state index in [1.54, 1.807) is 31.2 Å². The zero-order valence-electron chi connectivity index (χ0n) is 26.0. The second kappa shape index (κ2) is 16.0. The Morgan fingerprint density at radius 2 is 1.73 bits per heavy atom. The van der Waals surface area contributed by atoms with E-state index in [0.29, 0.717) is 12.8 Å². The van der Waals surface area contributed by atoms with Gasteiger partial charge in [-0.1, -0.05) is 24.3 Å². The van der Waals surface area contributed by atoms with E-state index in [4.69, 9.17) is 4.74 Å². The first kappa shape index (κ1) is 35.9. The quantitative estimate of drug-likeness (QED) is 0.140. The van der Waals surface area contributed by atoms with Crippen LogP contribution in [0.4, 0.5) is 4.79 Å². The summed E-state index contributed by atoms with van der Waals surface area (Å²) < 4.78 is 5.13. The number of hydrogen-bond donors (Lipinski definition) is 5. The number of ketones is 1. The fraction of sp³-hybridized carbons (Fsp3) is 0.621. The van der Waals surface area contributed by atoms with Crippen molar-refractivity contribution in [3.63, 3.8) is 0 Å². The molecule has 2 aliphatic rings. The maximum atomic E-state index is 13.2. The smallest absolute Gasteiger partial charge is 0.336 e. The lowest BCUT2D eigenvalue weighted by Gasteiger charge is -2.34. The number of nitrogens with zero attached hydrogens (tertiary/aromatic N) is 2. The van der Waals surface area contributed by atoms with Gasteiger partial charge in [0.25, 0.3) is 5.91 Å². The minimum atomic E-state index is -1.32. The van der Waals surface area contributed by atoms with Crippen LogP contribution in [-0.4, -0.2) is 107 Å². The van der Waals surface area contributed by atoms with Gasteiger partial charge in [0.05, 0.1) is 12.0 Å². The van der Waals surface area contributed by atoms with Gasteiger partial charge in [-0.2, -0.15) is 0 Å². The molecule has 1 aliphatic heterocycles. The largest absolute Gasteiger partial charge is 0.464 e. The first-order valence-electron chi connectivity index (χ1n) is 14.6. The van der Waals surface area contributed by atoms with E-state index in [-0.39, 0.29) is 26.0 Å². The Morgan fingerprint density at radius 3 is 2.30 bits per heavy atom. The van der Waals surface area contributed by atoms with Crippen molar-refractivity contribution in [1.29, 1.82) is 0 Å². The summed E-state index contributed by atoms with van der Waals surface area (Å²) in [6.07, 6.45) is 6.17. The lowest BCUT2D eigenvalue weighted by Crippen LogP contribution is -2.59. The Labute approximate surface area is 256 Å². The van der Waals surface area contributed by atoms with Crippen LogP contribution in [0.2, 0.25) is 0 Å². The average molecular weight is 621 g/mol. The Morgan fingerprint density at radius 1 is 1.05 bits per heavy atom. The number of hydrazine groups is 1. The molecule has 244 valence electrons. The fourth-order valence-corrected chi connectivity index (χ4v) is 5.17. The van der Waals surface area contributed by atoms with Crippen LogP contribution in [-0.2, 0) is 33.5 Å². The maximum absolute atomic E-state index is 13.2. The van der Waals surface area contributed by atoms with Gasteiger partial charge in [0.1, 0.15) is 30.3 Å². The molecule has 2 rings (SSSR count). The van der Waals surface area contributed by atoms with Crippen LogP contribution in [0.1, 0.15) is 60.3 Å².